The molecule has 1 unspecified atom stereocenters. The minimum atomic E-state index is -0.833. The Morgan fingerprint density at radius 2 is 0.764 bits per heavy atom. The molecule has 0 heterocycles. The van der Waals surface area contributed by atoms with Crippen LogP contribution in [-0.2, 0) is 28.6 Å². The maximum atomic E-state index is 12.6. The normalized spacial score (nSPS) is 13.3. The van der Waals surface area contributed by atoms with Gasteiger partial charge in [-0.15, -0.1) is 0 Å². The van der Waals surface area contributed by atoms with Gasteiger partial charge in [-0.25, -0.2) is 0 Å². The van der Waals surface area contributed by atoms with Gasteiger partial charge in [0.25, 0.3) is 0 Å². The second kappa shape index (κ2) is 42.6. The first-order valence-electron chi connectivity index (χ1n) is 21.1. The Morgan fingerprint density at radius 1 is 0.382 bits per heavy atom. The van der Waals surface area contributed by atoms with Crippen LogP contribution in [-0.4, -0.2) is 37.2 Å². The van der Waals surface area contributed by atoms with Gasteiger partial charge in [0.2, 0.25) is 0 Å². The zero-order chi connectivity index (χ0) is 40.1. The van der Waals surface area contributed by atoms with Crippen molar-refractivity contribution in [1.29, 1.82) is 0 Å². The van der Waals surface area contributed by atoms with Crippen molar-refractivity contribution in [3.8, 4) is 0 Å². The Labute approximate surface area is 335 Å². The average molecular weight is 759 g/mol. The monoisotopic (exact) mass is 759 g/mol. The largest absolute Gasteiger partial charge is 0.462 e. The third-order valence-electron chi connectivity index (χ3n) is 8.13. The molecule has 0 aliphatic rings. The fourth-order valence-corrected chi connectivity index (χ4v) is 5.04. The standard InChI is InChI=1S/C49H74O6/c1-4-7-10-13-16-19-21-23-24-26-27-30-33-36-39-42-48(51)54-45-46(44-53-47(50)41-38-35-32-29-18-15-12-9-6-3)55-49(52)43-40-37-34-31-28-25-22-20-17-14-11-8-5-2/h7-14,16-22,25,28-29,31,34,46H,4-6,15,23-24,26-27,30,32-33,35-45H2,1-3H3/b10-7-,11-8-,12-9-,16-13-,17-14-,21-19-,22-20-,28-25-,29-18-,34-31-. The number of esters is 3. The molecule has 0 aromatic rings. The van der Waals surface area contributed by atoms with Crippen molar-refractivity contribution < 1.29 is 28.6 Å². The van der Waals surface area contributed by atoms with Crippen LogP contribution in [0.25, 0.3) is 0 Å². The Bertz CT molecular complexity index is 1240. The number of allylic oxidation sites excluding steroid dienone is 20. The van der Waals surface area contributed by atoms with Crippen molar-refractivity contribution in [3.05, 3.63) is 122 Å². The molecule has 0 saturated heterocycles. The van der Waals surface area contributed by atoms with E-state index in [0.717, 1.165) is 77.0 Å². The molecule has 6 heteroatoms. The number of carbonyl (C=O) groups is 3. The summed E-state index contributed by atoms with van der Waals surface area (Å²) in [4.78, 5) is 37.6. The topological polar surface area (TPSA) is 78.9 Å². The third-order valence-corrected chi connectivity index (χ3v) is 8.13. The molecule has 1 atom stereocenters. The fraction of sp³-hybridized carbons (Fsp3) is 0.531. The summed E-state index contributed by atoms with van der Waals surface area (Å²) in [6.45, 7) is 6.08. The Kier molecular flexibility index (Phi) is 39.3. The summed E-state index contributed by atoms with van der Waals surface area (Å²) in [5, 5.41) is 0. The summed E-state index contributed by atoms with van der Waals surface area (Å²) in [6, 6.07) is 0. The van der Waals surface area contributed by atoms with Crippen molar-refractivity contribution in [3.63, 3.8) is 0 Å². The molecule has 0 amide bonds. The molecule has 0 radical (unpaired) electrons. The summed E-state index contributed by atoms with van der Waals surface area (Å²) in [5.74, 6) is -1.07. The molecule has 0 spiro atoms. The predicted octanol–water partition coefficient (Wildman–Crippen LogP) is 13.4. The van der Waals surface area contributed by atoms with Gasteiger partial charge in [-0.3, -0.25) is 14.4 Å². The van der Waals surface area contributed by atoms with Crippen LogP contribution in [0.15, 0.2) is 122 Å². The number of hydrogen-bond acceptors (Lipinski definition) is 6. The summed E-state index contributed by atoms with van der Waals surface area (Å²) >= 11 is 0. The third kappa shape index (κ3) is 40.8. The first-order valence-corrected chi connectivity index (χ1v) is 21.1. The van der Waals surface area contributed by atoms with Crippen molar-refractivity contribution >= 4 is 17.9 Å². The van der Waals surface area contributed by atoms with Gasteiger partial charge in [-0.2, -0.15) is 0 Å². The van der Waals surface area contributed by atoms with Gasteiger partial charge in [0.1, 0.15) is 13.2 Å². The molecular weight excluding hydrogens is 685 g/mol. The number of carbonyl (C=O) groups excluding carboxylic acids is 3. The van der Waals surface area contributed by atoms with E-state index in [1.54, 1.807) is 0 Å². The maximum Gasteiger partial charge on any atom is 0.306 e. The van der Waals surface area contributed by atoms with Crippen molar-refractivity contribution in [2.75, 3.05) is 13.2 Å². The van der Waals surface area contributed by atoms with Crippen LogP contribution < -0.4 is 0 Å². The van der Waals surface area contributed by atoms with E-state index in [9.17, 15) is 14.4 Å². The van der Waals surface area contributed by atoms with E-state index in [0.29, 0.717) is 25.7 Å². The lowest BCUT2D eigenvalue weighted by atomic mass is 10.1. The highest BCUT2D eigenvalue weighted by molar-refractivity contribution is 5.71. The van der Waals surface area contributed by atoms with E-state index in [2.05, 4.69) is 87.6 Å². The smallest absolute Gasteiger partial charge is 0.306 e. The Balaban J connectivity index is 4.56. The Hall–Kier alpha value is -4.19. The average Bonchev–Trinajstić information content (AvgIpc) is 3.18. The molecule has 0 aromatic heterocycles. The van der Waals surface area contributed by atoms with E-state index < -0.39 is 12.1 Å². The number of hydrogen-bond donors (Lipinski definition) is 0. The van der Waals surface area contributed by atoms with Crippen molar-refractivity contribution in [2.24, 2.45) is 0 Å². The molecule has 0 aliphatic heterocycles. The van der Waals surface area contributed by atoms with Crippen LogP contribution in [0.1, 0.15) is 149 Å². The van der Waals surface area contributed by atoms with E-state index >= 15 is 0 Å². The van der Waals surface area contributed by atoms with Crippen LogP contribution in [0.2, 0.25) is 0 Å². The van der Waals surface area contributed by atoms with Crippen LogP contribution in [0, 0.1) is 0 Å². The highest BCUT2D eigenvalue weighted by Crippen LogP contribution is 2.12. The minimum Gasteiger partial charge on any atom is -0.462 e. The van der Waals surface area contributed by atoms with Crippen molar-refractivity contribution in [1.82, 2.24) is 0 Å². The second-order valence-electron chi connectivity index (χ2n) is 13.3. The zero-order valence-corrected chi connectivity index (χ0v) is 34.6. The molecule has 0 N–H and O–H groups in total. The molecule has 0 rings (SSSR count). The first-order chi connectivity index (χ1) is 27.0. The molecular formula is C49H74O6. The summed E-state index contributed by atoms with van der Waals surface area (Å²) in [5.41, 5.74) is 0. The fourth-order valence-electron chi connectivity index (χ4n) is 5.04. The lowest BCUT2D eigenvalue weighted by Gasteiger charge is -2.18. The number of unbranched alkanes of at least 4 members (excludes halogenated alkanes) is 10. The lowest BCUT2D eigenvalue weighted by molar-refractivity contribution is -0.167. The van der Waals surface area contributed by atoms with Crippen LogP contribution in [0.3, 0.4) is 0 Å². The van der Waals surface area contributed by atoms with Gasteiger partial charge in [0, 0.05) is 19.3 Å². The summed E-state index contributed by atoms with van der Waals surface area (Å²) in [6.07, 6.45) is 57.7. The lowest BCUT2D eigenvalue weighted by Crippen LogP contribution is -2.30. The van der Waals surface area contributed by atoms with E-state index in [1.165, 1.54) is 19.3 Å². The van der Waals surface area contributed by atoms with Gasteiger partial charge in [-0.05, 0) is 77.0 Å². The highest BCUT2D eigenvalue weighted by atomic mass is 16.6. The molecule has 0 bridgehead atoms. The minimum absolute atomic E-state index is 0.128. The van der Waals surface area contributed by atoms with Gasteiger partial charge in [0.15, 0.2) is 6.10 Å². The van der Waals surface area contributed by atoms with Crippen LogP contribution >= 0.6 is 0 Å². The van der Waals surface area contributed by atoms with Gasteiger partial charge in [0.05, 0.1) is 0 Å². The maximum absolute atomic E-state index is 12.6. The van der Waals surface area contributed by atoms with Gasteiger partial charge < -0.3 is 14.2 Å². The van der Waals surface area contributed by atoms with Crippen molar-refractivity contribution in [2.45, 2.75) is 155 Å². The predicted molar refractivity (Wildman–Crippen MR) is 233 cm³/mol. The Morgan fingerprint density at radius 3 is 1.31 bits per heavy atom. The summed E-state index contributed by atoms with van der Waals surface area (Å²) < 4.78 is 16.5. The van der Waals surface area contributed by atoms with E-state index in [1.807, 2.05) is 54.7 Å². The van der Waals surface area contributed by atoms with E-state index in [-0.39, 0.29) is 31.6 Å². The van der Waals surface area contributed by atoms with E-state index in [4.69, 9.17) is 14.2 Å². The number of rotatable bonds is 35. The molecule has 0 fully saturated rings. The molecule has 55 heavy (non-hydrogen) atoms. The second-order valence-corrected chi connectivity index (χ2v) is 13.3. The molecule has 0 saturated carbocycles. The quantitative estimate of drug-likeness (QED) is 0.0210. The molecule has 0 aliphatic carbocycles. The molecule has 6 nitrogen and oxygen atoms in total. The molecule has 0 aromatic carbocycles. The first kappa shape index (κ1) is 50.8. The summed E-state index contributed by atoms with van der Waals surface area (Å²) in [7, 11) is 0. The van der Waals surface area contributed by atoms with Crippen LogP contribution in [0.5, 0.6) is 0 Å². The SMILES string of the molecule is CC\C=C/C=C\C=C/C=C\C=C/CCCC(=O)OC(COC(=O)CCCC/C=C\C/C=C\CC)COC(=O)CCCCCCCCC\C=C/C=C\C=C/CC. The van der Waals surface area contributed by atoms with Gasteiger partial charge >= 0.3 is 17.9 Å². The highest BCUT2D eigenvalue weighted by Gasteiger charge is 2.19. The van der Waals surface area contributed by atoms with Crippen LogP contribution in [0.4, 0.5) is 0 Å². The number of ether oxygens (including phenoxy) is 3. The zero-order valence-electron chi connectivity index (χ0n) is 34.6. The molecule has 306 valence electrons. The van der Waals surface area contributed by atoms with Gasteiger partial charge in [-0.1, -0.05) is 174 Å².